The maximum absolute atomic E-state index is 12.2. The number of piperidine rings is 1. The van der Waals surface area contributed by atoms with Crippen LogP contribution in [0.4, 0.5) is 0 Å². The second-order valence-electron chi connectivity index (χ2n) is 7.26. The summed E-state index contributed by atoms with van der Waals surface area (Å²) >= 11 is 18.5. The molecule has 2 aliphatic rings. The van der Waals surface area contributed by atoms with Crippen molar-refractivity contribution in [2.24, 2.45) is 11.8 Å². The Kier molecular flexibility index (Phi) is 5.41. The molecule has 0 spiro atoms. The number of nitrogens with zero attached hydrogens (tertiary/aromatic N) is 2. The number of amides is 1. The molecule has 5 nitrogen and oxygen atoms in total. The normalized spacial score (nSPS) is 24.7. The van der Waals surface area contributed by atoms with Crippen molar-refractivity contribution in [3.8, 4) is 0 Å². The second-order valence-corrected chi connectivity index (χ2v) is 9.63. The fourth-order valence-electron chi connectivity index (χ4n) is 3.83. The topological polar surface area (TPSA) is 54.3 Å². The predicted molar refractivity (Wildman–Crippen MR) is 100 cm³/mol. The van der Waals surface area contributed by atoms with E-state index in [0.717, 1.165) is 12.1 Å². The largest absolute Gasteiger partial charge is 0.336 e. The molecule has 138 valence electrons. The van der Waals surface area contributed by atoms with Gasteiger partial charge in [0.2, 0.25) is 9.70 Å². The molecule has 3 atom stereocenters. The molecule has 1 aromatic heterocycles. The highest BCUT2D eigenvalue weighted by Gasteiger charge is 2.44. The zero-order valence-corrected chi connectivity index (χ0v) is 16.5. The lowest BCUT2D eigenvalue weighted by atomic mass is 9.83. The number of nitrogens with one attached hydrogen (secondary N) is 1. The summed E-state index contributed by atoms with van der Waals surface area (Å²) in [7, 11) is 0. The van der Waals surface area contributed by atoms with Gasteiger partial charge >= 0.3 is 0 Å². The van der Waals surface area contributed by atoms with Crippen molar-refractivity contribution in [3.63, 3.8) is 0 Å². The summed E-state index contributed by atoms with van der Waals surface area (Å²) in [6.45, 7) is 5.58. The molecule has 0 aromatic carbocycles. The van der Waals surface area contributed by atoms with Crippen LogP contribution in [0.15, 0.2) is 23.0 Å². The molecule has 25 heavy (non-hydrogen) atoms. The van der Waals surface area contributed by atoms with Crippen LogP contribution < -0.4 is 10.9 Å². The van der Waals surface area contributed by atoms with E-state index < -0.39 is 9.96 Å². The number of hydrogen-bond donors (Lipinski definition) is 1. The smallest absolute Gasteiger partial charge is 0.250 e. The molecule has 1 N–H and O–H groups in total. The third-order valence-corrected chi connectivity index (χ3v) is 5.61. The van der Waals surface area contributed by atoms with Gasteiger partial charge < -0.3 is 9.88 Å². The maximum Gasteiger partial charge on any atom is 0.250 e. The molecule has 1 amide bonds. The standard InChI is InChI=1S/C17H22Cl3N3O2/c1-10(2)15(25)21-16(17(18,19)20)22-7-11-6-12(9-22)13-4-3-5-14(24)23(13)8-11/h3-5,10-12,16H,6-9H2,1-2H3,(H,21,25)/t11-,12+,16-/m1/s1. The molecule has 3 rings (SSSR count). The molecule has 8 heteroatoms. The van der Waals surface area contributed by atoms with Gasteiger partial charge in [0, 0.05) is 43.2 Å². The number of carbonyl (C=O) groups excluding carboxylic acids is 1. The first-order chi connectivity index (χ1) is 11.7. The predicted octanol–water partition coefficient (Wildman–Crippen LogP) is 2.74. The van der Waals surface area contributed by atoms with Gasteiger partial charge in [-0.05, 0) is 18.4 Å². The number of hydrogen-bond acceptors (Lipinski definition) is 3. The van der Waals surface area contributed by atoms with Gasteiger partial charge in [-0.1, -0.05) is 54.7 Å². The van der Waals surface area contributed by atoms with Gasteiger partial charge in [0.25, 0.3) is 5.56 Å². The Hall–Kier alpha value is -0.750. The van der Waals surface area contributed by atoms with Crippen LogP contribution in [-0.2, 0) is 11.3 Å². The van der Waals surface area contributed by atoms with Crippen LogP contribution in [-0.4, -0.2) is 38.4 Å². The Labute approximate surface area is 162 Å². The monoisotopic (exact) mass is 405 g/mol. The van der Waals surface area contributed by atoms with Crippen molar-refractivity contribution in [2.75, 3.05) is 13.1 Å². The number of alkyl halides is 3. The number of halogens is 3. The van der Waals surface area contributed by atoms with E-state index in [1.807, 2.05) is 15.5 Å². The van der Waals surface area contributed by atoms with E-state index in [-0.39, 0.29) is 29.2 Å². The van der Waals surface area contributed by atoms with E-state index >= 15 is 0 Å². The van der Waals surface area contributed by atoms with E-state index in [1.165, 1.54) is 0 Å². The van der Waals surface area contributed by atoms with Crippen molar-refractivity contribution < 1.29 is 4.79 Å². The van der Waals surface area contributed by atoms with Gasteiger partial charge in [0.05, 0.1) is 0 Å². The van der Waals surface area contributed by atoms with E-state index in [9.17, 15) is 9.59 Å². The number of rotatable bonds is 3. The van der Waals surface area contributed by atoms with Crippen LogP contribution in [0.1, 0.15) is 31.9 Å². The Morgan fingerprint density at radius 1 is 1.24 bits per heavy atom. The molecule has 2 bridgehead atoms. The Morgan fingerprint density at radius 2 is 1.96 bits per heavy atom. The summed E-state index contributed by atoms with van der Waals surface area (Å²) in [5.74, 6) is 0.131. The zero-order valence-electron chi connectivity index (χ0n) is 14.2. The third kappa shape index (κ3) is 4.00. The molecule has 1 saturated heterocycles. The number of pyridine rings is 1. The first-order valence-corrected chi connectivity index (χ1v) is 9.61. The van der Waals surface area contributed by atoms with Gasteiger partial charge in [-0.2, -0.15) is 0 Å². The molecule has 0 radical (unpaired) electrons. The van der Waals surface area contributed by atoms with Crippen molar-refractivity contribution in [3.05, 3.63) is 34.2 Å². The van der Waals surface area contributed by atoms with E-state index in [4.69, 9.17) is 34.8 Å². The molecule has 1 fully saturated rings. The fraction of sp³-hybridized carbons (Fsp3) is 0.647. The highest BCUT2D eigenvalue weighted by atomic mass is 35.6. The highest BCUT2D eigenvalue weighted by Crippen LogP contribution is 2.39. The first-order valence-electron chi connectivity index (χ1n) is 8.47. The Bertz CT molecular complexity index is 714. The van der Waals surface area contributed by atoms with Gasteiger partial charge in [-0.15, -0.1) is 0 Å². The first kappa shape index (κ1) is 19.0. The number of carbonyl (C=O) groups is 1. The molecule has 0 unspecified atom stereocenters. The molecular formula is C17H22Cl3N3O2. The molecule has 3 heterocycles. The third-order valence-electron chi connectivity index (χ3n) is 4.99. The molecule has 0 saturated carbocycles. The van der Waals surface area contributed by atoms with E-state index in [2.05, 4.69) is 5.32 Å². The lowest BCUT2D eigenvalue weighted by molar-refractivity contribution is -0.126. The molecule has 1 aromatic rings. The van der Waals surface area contributed by atoms with Crippen molar-refractivity contribution in [2.45, 2.75) is 42.7 Å². The minimum Gasteiger partial charge on any atom is -0.336 e. The lowest BCUT2D eigenvalue weighted by Gasteiger charge is -2.47. The average molecular weight is 407 g/mol. The summed E-state index contributed by atoms with van der Waals surface area (Å²) in [6.07, 6.45) is 0.310. The number of fused-ring (bicyclic) bond motifs is 4. The van der Waals surface area contributed by atoms with Crippen LogP contribution in [0.3, 0.4) is 0 Å². The fourth-order valence-corrected chi connectivity index (χ4v) is 4.40. The lowest BCUT2D eigenvalue weighted by Crippen LogP contribution is -2.60. The quantitative estimate of drug-likeness (QED) is 0.785. The second kappa shape index (κ2) is 7.10. The van der Waals surface area contributed by atoms with Gasteiger partial charge in [-0.25, -0.2) is 0 Å². The van der Waals surface area contributed by atoms with Crippen molar-refractivity contribution in [1.29, 1.82) is 0 Å². The highest BCUT2D eigenvalue weighted by molar-refractivity contribution is 6.68. The van der Waals surface area contributed by atoms with Gasteiger partial charge in [0.1, 0.15) is 6.17 Å². The Morgan fingerprint density at radius 3 is 2.60 bits per heavy atom. The van der Waals surface area contributed by atoms with Crippen molar-refractivity contribution in [1.82, 2.24) is 14.8 Å². The van der Waals surface area contributed by atoms with Gasteiger partial charge in [0.15, 0.2) is 0 Å². The molecule has 0 aliphatic carbocycles. The van der Waals surface area contributed by atoms with Crippen LogP contribution in [0.5, 0.6) is 0 Å². The van der Waals surface area contributed by atoms with Crippen LogP contribution >= 0.6 is 34.8 Å². The summed E-state index contributed by atoms with van der Waals surface area (Å²) in [5, 5.41) is 2.87. The Balaban J connectivity index is 1.86. The molecule has 2 aliphatic heterocycles. The number of likely N-dealkylation sites (tertiary alicyclic amines) is 1. The van der Waals surface area contributed by atoms with Crippen LogP contribution in [0, 0.1) is 11.8 Å². The minimum atomic E-state index is -1.63. The number of aromatic nitrogens is 1. The summed E-state index contributed by atoms with van der Waals surface area (Å²) < 4.78 is 0.222. The zero-order chi connectivity index (χ0) is 18.4. The van der Waals surface area contributed by atoms with E-state index in [0.29, 0.717) is 19.6 Å². The van der Waals surface area contributed by atoms with Crippen LogP contribution in [0.2, 0.25) is 0 Å². The van der Waals surface area contributed by atoms with Gasteiger partial charge in [-0.3, -0.25) is 14.5 Å². The summed E-state index contributed by atoms with van der Waals surface area (Å²) in [4.78, 5) is 26.3. The summed E-state index contributed by atoms with van der Waals surface area (Å²) in [6, 6.07) is 5.37. The molecular weight excluding hydrogens is 385 g/mol. The average Bonchev–Trinajstić information content (AvgIpc) is 2.52. The van der Waals surface area contributed by atoms with E-state index in [1.54, 1.807) is 26.0 Å². The SMILES string of the molecule is CC(C)C(=O)N[C@H](N1C[C@H]2C[C@@H](C1)c1cccc(=O)n1C2)C(Cl)(Cl)Cl. The maximum atomic E-state index is 12.2. The summed E-state index contributed by atoms with van der Waals surface area (Å²) in [5.41, 5.74) is 1.05. The van der Waals surface area contributed by atoms with Crippen molar-refractivity contribution >= 4 is 40.7 Å². The van der Waals surface area contributed by atoms with Crippen LogP contribution in [0.25, 0.3) is 0 Å². The minimum absolute atomic E-state index is 0.0340.